The van der Waals surface area contributed by atoms with Crippen LogP contribution in [0.5, 0.6) is 0 Å². The summed E-state index contributed by atoms with van der Waals surface area (Å²) in [6.07, 6.45) is 6.47. The van der Waals surface area contributed by atoms with Gasteiger partial charge in [-0.15, -0.1) is 22.7 Å². The van der Waals surface area contributed by atoms with Gasteiger partial charge in [0.05, 0.1) is 32.7 Å². The Morgan fingerprint density at radius 3 is 1.71 bits per heavy atom. The van der Waals surface area contributed by atoms with Crippen molar-refractivity contribution in [2.45, 2.75) is 174 Å². The predicted octanol–water partition coefficient (Wildman–Crippen LogP) is 16.1. The second-order valence-corrected chi connectivity index (χ2v) is 28.7. The molecule has 4 nitrogen and oxygen atoms in total. The maximum absolute atomic E-state index is 16.6. The van der Waals surface area contributed by atoms with Crippen molar-refractivity contribution in [2.24, 2.45) is 0 Å². The molecule has 0 aliphatic rings. The van der Waals surface area contributed by atoms with E-state index in [1.54, 1.807) is 0 Å². The molecule has 0 fully saturated rings. The third kappa shape index (κ3) is 8.54. The number of thiophene rings is 2. The number of halogens is 1. The maximum Gasteiger partial charge on any atom is 0.351 e. The normalized spacial score (nSPS) is 13.2. The molecule has 4 heterocycles. The summed E-state index contributed by atoms with van der Waals surface area (Å²) in [6.45, 7) is 34.0. The average Bonchev–Trinajstić information content (AvgIpc) is 3.91. The third-order valence-electron chi connectivity index (χ3n) is 11.8. The first kappa shape index (κ1) is 46.2. The number of ether oxygens (including phenoxy) is 1. The van der Waals surface area contributed by atoms with Crippen molar-refractivity contribution in [3.8, 4) is 33.0 Å². The van der Waals surface area contributed by atoms with Crippen LogP contribution in [0.4, 0.5) is 4.39 Å². The van der Waals surface area contributed by atoms with Crippen LogP contribution in [0.2, 0.25) is 0 Å². The molecule has 1 aromatic carbocycles. The molecule has 0 aliphatic heterocycles. The van der Waals surface area contributed by atoms with Gasteiger partial charge in [0.1, 0.15) is 16.4 Å². The van der Waals surface area contributed by atoms with Gasteiger partial charge in [-0.05, 0) is 74.4 Å². The molecule has 0 amide bonds. The van der Waals surface area contributed by atoms with E-state index in [1.807, 2.05) is 19.9 Å². The average molecular weight is 867 g/mol. The lowest BCUT2D eigenvalue weighted by molar-refractivity contribution is 0.0499. The molecule has 5 rings (SSSR count). The molecule has 0 unspecified atom stereocenters. The highest BCUT2D eigenvalue weighted by atomic mass is 32.3. The number of carbonyl (C=O) groups is 1. The number of furan rings is 2. The van der Waals surface area contributed by atoms with Crippen molar-refractivity contribution in [3.05, 3.63) is 44.6 Å². The molecule has 0 aliphatic carbocycles. The summed E-state index contributed by atoms with van der Waals surface area (Å²) in [7, 11) is -2.77. The number of esters is 1. The first-order chi connectivity index (χ1) is 27.3. The van der Waals surface area contributed by atoms with Gasteiger partial charge in [0.25, 0.3) is 0 Å². The minimum Gasteiger partial charge on any atom is -0.461 e. The lowest BCUT2D eigenvalue weighted by Crippen LogP contribution is -2.27. The Morgan fingerprint density at radius 2 is 1.19 bits per heavy atom. The van der Waals surface area contributed by atoms with Gasteiger partial charge in [-0.3, -0.25) is 0 Å². The number of fused-ring (bicyclic) bond motifs is 3. The SMILES string of the molecule is CCCCCCCCOC(=O)c1sc2c(C)sc(-c3cc4c(C#CS(C(C)C)(C(C)C)C(C)C)c5oc(C)cc5c(C#CS(C(C)C)(C(C)C)C(C)C)c4o3)c2c1F. The van der Waals surface area contributed by atoms with E-state index in [4.69, 9.17) is 13.6 Å². The van der Waals surface area contributed by atoms with E-state index in [2.05, 4.69) is 118 Å². The fourth-order valence-electron chi connectivity index (χ4n) is 9.03. The highest BCUT2D eigenvalue weighted by Gasteiger charge is 2.35. The summed E-state index contributed by atoms with van der Waals surface area (Å²) >= 11 is 2.65. The zero-order valence-electron chi connectivity index (χ0n) is 37.7. The van der Waals surface area contributed by atoms with Crippen LogP contribution in [-0.4, -0.2) is 44.1 Å². The Bertz CT molecular complexity index is 2230. The zero-order chi connectivity index (χ0) is 42.9. The van der Waals surface area contributed by atoms with Crippen molar-refractivity contribution in [3.63, 3.8) is 0 Å². The van der Waals surface area contributed by atoms with Gasteiger partial charge in [-0.25, -0.2) is 9.18 Å². The number of hydrogen-bond donors (Lipinski definition) is 0. The summed E-state index contributed by atoms with van der Waals surface area (Å²) in [5.41, 5.74) is 2.91. The van der Waals surface area contributed by atoms with Crippen LogP contribution in [0.25, 0.3) is 42.7 Å². The number of hydrogen-bond acceptors (Lipinski definition) is 6. The van der Waals surface area contributed by atoms with E-state index in [0.717, 1.165) is 56.5 Å². The second kappa shape index (κ2) is 18.8. The van der Waals surface area contributed by atoms with Crippen molar-refractivity contribution in [2.75, 3.05) is 6.61 Å². The Morgan fingerprint density at radius 1 is 0.707 bits per heavy atom. The summed E-state index contributed by atoms with van der Waals surface area (Å²) in [5, 5.41) is 12.3. The van der Waals surface area contributed by atoms with Gasteiger partial charge >= 0.3 is 5.97 Å². The molecule has 4 aromatic heterocycles. The quantitative estimate of drug-likeness (QED) is 0.0598. The molecule has 0 radical (unpaired) electrons. The molecular formula is C49H67FO4S4. The summed E-state index contributed by atoms with van der Waals surface area (Å²) in [5.74, 6) is 7.61. The van der Waals surface area contributed by atoms with Gasteiger partial charge in [0.15, 0.2) is 17.0 Å². The fraction of sp³-hybridized carbons (Fsp3) is 0.571. The van der Waals surface area contributed by atoms with E-state index in [-0.39, 0.29) is 4.88 Å². The van der Waals surface area contributed by atoms with E-state index >= 15 is 4.39 Å². The van der Waals surface area contributed by atoms with Crippen molar-refractivity contribution in [1.29, 1.82) is 0 Å². The predicted molar refractivity (Wildman–Crippen MR) is 258 cm³/mol. The molecule has 0 saturated carbocycles. The van der Waals surface area contributed by atoms with Crippen LogP contribution in [-0.2, 0) is 4.74 Å². The minimum atomic E-state index is -1.39. The first-order valence-corrected chi connectivity index (χ1v) is 26.7. The number of carbonyl (C=O) groups excluding carboxylic acids is 1. The topological polar surface area (TPSA) is 52.6 Å². The molecule has 318 valence electrons. The van der Waals surface area contributed by atoms with E-state index in [0.29, 0.717) is 65.3 Å². The van der Waals surface area contributed by atoms with E-state index in [1.165, 1.54) is 41.9 Å². The molecule has 5 aromatic rings. The molecule has 9 heteroatoms. The number of unbranched alkanes of at least 4 members (excludes halogenated alkanes) is 5. The van der Waals surface area contributed by atoms with Crippen LogP contribution in [0.1, 0.15) is 160 Å². The Balaban J connectivity index is 1.77. The standard InChI is InChI=1S/C49H67FO4S4/c1-16-17-18-19-20-21-24-52-49(51)48-43(50)42-46(56-48)36(15)55-47(42)41-28-40-38(23-26-58(32(8)9,33(10)11)34(12)13)44-39(27-35(14)53-44)37(45(40)54-41)22-25-57(29(2)3,30(4)5)31(6)7/h27-34H,16-21,24H2,1-15H3. The van der Waals surface area contributed by atoms with Crippen LogP contribution in [0.3, 0.4) is 0 Å². The highest BCUT2D eigenvalue weighted by molar-refractivity contribution is 8.39. The molecule has 58 heavy (non-hydrogen) atoms. The zero-order valence-corrected chi connectivity index (χ0v) is 41.0. The van der Waals surface area contributed by atoms with Crippen LogP contribution < -0.4 is 0 Å². The Labute approximate surface area is 359 Å². The molecule has 0 spiro atoms. The monoisotopic (exact) mass is 866 g/mol. The number of aryl methyl sites for hydroxylation is 2. The maximum atomic E-state index is 16.6. The van der Waals surface area contributed by atoms with E-state index < -0.39 is 31.8 Å². The van der Waals surface area contributed by atoms with Gasteiger partial charge in [-0.2, -0.15) is 20.1 Å². The molecular weight excluding hydrogens is 800 g/mol. The van der Waals surface area contributed by atoms with E-state index in [9.17, 15) is 4.79 Å². The van der Waals surface area contributed by atoms with Gasteiger partial charge in [0, 0.05) is 15.6 Å². The van der Waals surface area contributed by atoms with Gasteiger partial charge < -0.3 is 13.6 Å². The van der Waals surface area contributed by atoms with Gasteiger partial charge in [-0.1, -0.05) is 134 Å². The molecule has 0 N–H and O–H groups in total. The minimum absolute atomic E-state index is 0.0149. The van der Waals surface area contributed by atoms with Crippen molar-refractivity contribution >= 4 is 80.7 Å². The Kier molecular flexibility index (Phi) is 15.0. The lowest BCUT2D eigenvalue weighted by atomic mass is 10.0. The largest absolute Gasteiger partial charge is 0.461 e. The lowest BCUT2D eigenvalue weighted by Gasteiger charge is -2.46. The fourth-order valence-corrected chi connectivity index (χ4v) is 19.8. The Hall–Kier alpha value is -2.82. The summed E-state index contributed by atoms with van der Waals surface area (Å²) in [6, 6.07) is 4.07. The van der Waals surface area contributed by atoms with Crippen LogP contribution in [0.15, 0.2) is 21.0 Å². The molecule has 0 atom stereocenters. The smallest absolute Gasteiger partial charge is 0.351 e. The van der Waals surface area contributed by atoms with Crippen molar-refractivity contribution < 1.29 is 22.8 Å². The molecule has 0 saturated heterocycles. The van der Waals surface area contributed by atoms with Crippen LogP contribution >= 0.6 is 42.7 Å². The van der Waals surface area contributed by atoms with Gasteiger partial charge in [0.2, 0.25) is 0 Å². The summed E-state index contributed by atoms with van der Waals surface area (Å²) in [4.78, 5) is 14.9. The second-order valence-electron chi connectivity index (χ2n) is 17.3. The summed E-state index contributed by atoms with van der Waals surface area (Å²) < 4.78 is 36.5. The van der Waals surface area contributed by atoms with Crippen LogP contribution in [0, 0.1) is 42.0 Å². The molecule has 0 bridgehead atoms. The number of rotatable bonds is 15. The third-order valence-corrected chi connectivity index (χ3v) is 24.5. The number of benzene rings is 1. The highest BCUT2D eigenvalue weighted by Crippen LogP contribution is 2.61. The van der Waals surface area contributed by atoms with Crippen molar-refractivity contribution in [1.82, 2.24) is 0 Å². The first-order valence-electron chi connectivity index (χ1n) is 21.4.